The van der Waals surface area contributed by atoms with Crippen LogP contribution in [-0.2, 0) is 33.8 Å². The zero-order valence-corrected chi connectivity index (χ0v) is 23.5. The number of methoxy groups -OCH3 is 1. The number of aryl methyl sites for hydroxylation is 2. The highest BCUT2D eigenvalue weighted by molar-refractivity contribution is 5.80. The Morgan fingerprint density at radius 3 is 2.76 bits per heavy atom. The van der Waals surface area contributed by atoms with Crippen LogP contribution in [0.2, 0.25) is 0 Å². The van der Waals surface area contributed by atoms with Gasteiger partial charge < -0.3 is 34.3 Å². The van der Waals surface area contributed by atoms with E-state index in [0.29, 0.717) is 47.9 Å². The van der Waals surface area contributed by atoms with E-state index < -0.39 is 23.9 Å². The summed E-state index contributed by atoms with van der Waals surface area (Å²) in [5.41, 5.74) is 2.04. The van der Waals surface area contributed by atoms with Gasteiger partial charge in [0.25, 0.3) is 5.91 Å². The highest BCUT2D eigenvalue weighted by Gasteiger charge is 2.34. The molecule has 1 aromatic heterocycles. The Kier molecular flexibility index (Phi) is 8.89. The fourth-order valence-electron chi connectivity index (χ4n) is 5.09. The predicted molar refractivity (Wildman–Crippen MR) is 148 cm³/mol. The van der Waals surface area contributed by atoms with Crippen LogP contribution in [0.3, 0.4) is 0 Å². The van der Waals surface area contributed by atoms with Gasteiger partial charge in [-0.15, -0.1) is 0 Å². The van der Waals surface area contributed by atoms with Crippen LogP contribution in [0.5, 0.6) is 17.2 Å². The number of nitrogens with one attached hydrogen (secondary N) is 2. The molecule has 3 amide bonds. The molecule has 0 aliphatic carbocycles. The fraction of sp³-hybridized carbons (Fsp3) is 0.400. The molecule has 2 aliphatic heterocycles. The maximum atomic E-state index is 14.5. The summed E-state index contributed by atoms with van der Waals surface area (Å²) < 4.78 is 37.1. The Balaban J connectivity index is 1.38. The molecule has 4 bridgehead atoms. The van der Waals surface area contributed by atoms with Crippen molar-refractivity contribution in [2.75, 3.05) is 26.8 Å². The summed E-state index contributed by atoms with van der Waals surface area (Å²) in [4.78, 5) is 40.3. The lowest BCUT2D eigenvalue weighted by Gasteiger charge is -2.38. The zero-order chi connectivity index (χ0) is 29.6. The molecule has 0 radical (unpaired) electrons. The van der Waals surface area contributed by atoms with Crippen molar-refractivity contribution in [3.63, 3.8) is 0 Å². The van der Waals surface area contributed by atoms with Crippen LogP contribution in [0.25, 0.3) is 0 Å². The minimum absolute atomic E-state index is 0.0330. The molecule has 5 rings (SSSR count). The third-order valence-corrected chi connectivity index (χ3v) is 7.19. The summed E-state index contributed by atoms with van der Waals surface area (Å²) in [5, 5.41) is 9.60. The summed E-state index contributed by atoms with van der Waals surface area (Å²) in [7, 11) is 1.50. The Bertz CT molecular complexity index is 1460. The largest absolute Gasteiger partial charge is 0.493 e. The van der Waals surface area contributed by atoms with Gasteiger partial charge in [-0.2, -0.15) is 0 Å². The normalized spacial score (nSPS) is 19.6. The summed E-state index contributed by atoms with van der Waals surface area (Å²) in [5.74, 6) is 0.212. The molecule has 3 heterocycles. The van der Waals surface area contributed by atoms with Crippen molar-refractivity contribution < 1.29 is 37.5 Å². The molecular weight excluding hydrogens is 547 g/mol. The van der Waals surface area contributed by atoms with Gasteiger partial charge in [0.05, 0.1) is 25.3 Å². The number of aromatic nitrogens is 1. The Hall–Kier alpha value is -4.61. The van der Waals surface area contributed by atoms with Gasteiger partial charge in [0, 0.05) is 44.6 Å². The average molecular weight is 581 g/mol. The van der Waals surface area contributed by atoms with Gasteiger partial charge in [0.1, 0.15) is 23.4 Å². The minimum atomic E-state index is -0.617. The quantitative estimate of drug-likeness (QED) is 0.483. The number of carbonyl (C=O) groups excluding carboxylic acids is 3. The topological polar surface area (TPSA) is 132 Å². The second-order valence-electron chi connectivity index (χ2n) is 10.4. The van der Waals surface area contributed by atoms with Crippen molar-refractivity contribution in [3.8, 4) is 17.2 Å². The van der Waals surface area contributed by atoms with E-state index in [-0.39, 0.29) is 50.1 Å². The third kappa shape index (κ3) is 7.36. The second-order valence-corrected chi connectivity index (χ2v) is 10.4. The first kappa shape index (κ1) is 28.9. The number of hydrogen-bond acceptors (Lipinski definition) is 8. The molecule has 222 valence electrons. The molecule has 0 saturated carbocycles. The lowest BCUT2D eigenvalue weighted by molar-refractivity contribution is -0.135. The summed E-state index contributed by atoms with van der Waals surface area (Å²) in [6.45, 7) is 2.11. The summed E-state index contributed by atoms with van der Waals surface area (Å²) in [6.07, 6.45) is 0.486. The number of fused-ring (bicyclic) bond motifs is 5. The third-order valence-electron chi connectivity index (χ3n) is 7.19. The van der Waals surface area contributed by atoms with Crippen molar-refractivity contribution in [2.24, 2.45) is 0 Å². The SMILES string of the molecule is COc1ccc2cc1OCC(=O)N[C@@H]1CN(C(=O)Cc3cc(C)no3)CC[C@H]1Oc1cc(F)cc(c1)CNC(=O)CC2. The van der Waals surface area contributed by atoms with E-state index in [1.807, 2.05) is 6.07 Å². The molecule has 11 nitrogen and oxygen atoms in total. The standard InChI is InChI=1S/C30H33FN4O7/c1-18-9-23(42-34-18)14-30(38)35-8-7-25-24(16-35)33-29(37)17-40-27-12-19(3-5-26(27)39-2)4-6-28(36)32-15-20-10-21(31)13-22(11-20)41-25/h3,5,9-13,24-25H,4,6-8,14-17H2,1-2H3,(H,32,36)(H,33,37)/t24-,25-/m1/s1. The molecule has 2 atom stereocenters. The number of likely N-dealkylation sites (tertiary alicyclic amines) is 1. The number of amides is 3. The van der Waals surface area contributed by atoms with Crippen molar-refractivity contribution in [1.82, 2.24) is 20.7 Å². The minimum Gasteiger partial charge on any atom is -0.493 e. The van der Waals surface area contributed by atoms with Crippen molar-refractivity contribution in [2.45, 2.75) is 51.3 Å². The monoisotopic (exact) mass is 580 g/mol. The van der Waals surface area contributed by atoms with E-state index in [0.717, 1.165) is 5.56 Å². The Labute approximate surface area is 242 Å². The van der Waals surface area contributed by atoms with Crippen LogP contribution in [-0.4, -0.2) is 66.7 Å². The molecule has 42 heavy (non-hydrogen) atoms. The van der Waals surface area contributed by atoms with Crippen molar-refractivity contribution in [3.05, 3.63) is 70.9 Å². The predicted octanol–water partition coefficient (Wildman–Crippen LogP) is 2.48. The highest BCUT2D eigenvalue weighted by Crippen LogP contribution is 2.29. The van der Waals surface area contributed by atoms with Crippen LogP contribution in [0.4, 0.5) is 4.39 Å². The number of piperidine rings is 1. The van der Waals surface area contributed by atoms with E-state index in [1.165, 1.54) is 19.2 Å². The number of halogens is 1. The lowest BCUT2D eigenvalue weighted by Crippen LogP contribution is -2.58. The van der Waals surface area contributed by atoms with E-state index in [2.05, 4.69) is 15.8 Å². The molecule has 2 N–H and O–H groups in total. The van der Waals surface area contributed by atoms with Gasteiger partial charge in [-0.25, -0.2) is 4.39 Å². The lowest BCUT2D eigenvalue weighted by atomic mass is 10.0. The Morgan fingerprint density at radius 2 is 1.98 bits per heavy atom. The fourth-order valence-corrected chi connectivity index (χ4v) is 5.09. The van der Waals surface area contributed by atoms with Crippen LogP contribution in [0.15, 0.2) is 47.0 Å². The van der Waals surface area contributed by atoms with Crippen molar-refractivity contribution in [1.29, 1.82) is 0 Å². The first-order valence-electron chi connectivity index (χ1n) is 13.8. The number of carbonyl (C=O) groups is 3. The number of ether oxygens (including phenoxy) is 3. The smallest absolute Gasteiger partial charge is 0.258 e. The first-order valence-corrected chi connectivity index (χ1v) is 13.8. The second kappa shape index (κ2) is 12.9. The Morgan fingerprint density at radius 1 is 1.12 bits per heavy atom. The van der Waals surface area contributed by atoms with E-state index in [4.69, 9.17) is 18.7 Å². The van der Waals surface area contributed by atoms with Crippen LogP contribution >= 0.6 is 0 Å². The maximum Gasteiger partial charge on any atom is 0.258 e. The van der Waals surface area contributed by atoms with E-state index in [1.54, 1.807) is 36.1 Å². The average Bonchev–Trinajstić information content (AvgIpc) is 3.38. The molecule has 2 aromatic carbocycles. The highest BCUT2D eigenvalue weighted by atomic mass is 19.1. The first-order chi connectivity index (χ1) is 20.2. The van der Waals surface area contributed by atoms with Gasteiger partial charge in [-0.05, 0) is 48.7 Å². The zero-order valence-electron chi connectivity index (χ0n) is 23.5. The van der Waals surface area contributed by atoms with Gasteiger partial charge in [-0.1, -0.05) is 11.2 Å². The molecule has 0 unspecified atom stereocenters. The molecule has 0 spiro atoms. The van der Waals surface area contributed by atoms with Crippen LogP contribution < -0.4 is 24.8 Å². The van der Waals surface area contributed by atoms with E-state index >= 15 is 0 Å². The molecule has 1 fully saturated rings. The van der Waals surface area contributed by atoms with Gasteiger partial charge in [0.15, 0.2) is 18.1 Å². The van der Waals surface area contributed by atoms with Gasteiger partial charge in [0.2, 0.25) is 11.8 Å². The van der Waals surface area contributed by atoms with Crippen LogP contribution in [0.1, 0.15) is 35.4 Å². The molecule has 1 saturated heterocycles. The molecule has 12 heteroatoms. The van der Waals surface area contributed by atoms with E-state index in [9.17, 15) is 18.8 Å². The van der Waals surface area contributed by atoms with Gasteiger partial charge in [-0.3, -0.25) is 14.4 Å². The molecule has 2 aliphatic rings. The number of rotatable bonds is 3. The maximum absolute atomic E-state index is 14.5. The summed E-state index contributed by atoms with van der Waals surface area (Å²) >= 11 is 0. The summed E-state index contributed by atoms with van der Waals surface area (Å²) in [6, 6.07) is 10.6. The molecular formula is C30H33FN4O7. The van der Waals surface area contributed by atoms with Gasteiger partial charge >= 0.3 is 0 Å². The van der Waals surface area contributed by atoms with Crippen molar-refractivity contribution >= 4 is 17.7 Å². The molecule has 3 aromatic rings. The number of benzene rings is 2. The van der Waals surface area contributed by atoms with Crippen LogP contribution in [0, 0.1) is 12.7 Å². The number of hydrogen-bond donors (Lipinski definition) is 2. The number of nitrogens with zero attached hydrogens (tertiary/aromatic N) is 2.